The Morgan fingerprint density at radius 2 is 1.53 bits per heavy atom. The molecule has 4 aromatic rings. The summed E-state index contributed by atoms with van der Waals surface area (Å²) in [5, 5.41) is 15.1. The van der Waals surface area contributed by atoms with E-state index in [4.69, 9.17) is 28.5 Å². The molecule has 0 amide bonds. The van der Waals surface area contributed by atoms with Crippen LogP contribution in [0.1, 0.15) is 34.0 Å². The van der Waals surface area contributed by atoms with Crippen LogP contribution in [0.3, 0.4) is 0 Å². The van der Waals surface area contributed by atoms with Crippen molar-refractivity contribution in [1.82, 2.24) is 15.0 Å². The summed E-state index contributed by atoms with van der Waals surface area (Å²) >= 11 is 12.1. The Morgan fingerprint density at radius 1 is 0.930 bits per heavy atom. The molecule has 0 N–H and O–H groups in total. The van der Waals surface area contributed by atoms with Crippen LogP contribution < -0.4 is 0 Å². The monoisotopic (exact) mass is 646 g/mol. The molecule has 0 saturated heterocycles. The van der Waals surface area contributed by atoms with Crippen LogP contribution >= 0.6 is 23.2 Å². The molecule has 1 heterocycles. The van der Waals surface area contributed by atoms with E-state index in [1.165, 1.54) is 30.5 Å². The van der Waals surface area contributed by atoms with Crippen LogP contribution in [0.4, 0.5) is 35.1 Å². The molecule has 0 saturated carbocycles. The molecule has 0 aliphatic rings. The first-order chi connectivity index (χ1) is 19.9. The van der Waals surface area contributed by atoms with Gasteiger partial charge in [-0.05, 0) is 35.9 Å². The summed E-state index contributed by atoms with van der Waals surface area (Å²) in [6, 6.07) is 14.9. The number of alkyl halides is 8. The molecule has 1 atom stereocenters. The van der Waals surface area contributed by atoms with Crippen molar-refractivity contribution >= 4 is 29.0 Å². The number of halogens is 10. The minimum atomic E-state index is -6.68. The van der Waals surface area contributed by atoms with Crippen molar-refractivity contribution in [1.29, 1.82) is 5.26 Å². The van der Waals surface area contributed by atoms with Gasteiger partial charge < -0.3 is 0 Å². The number of benzene rings is 3. The molecule has 0 radical (unpaired) electrons. The standard InChI is InChI=1S/C28H16Cl2F8N4O/c1-25(31,32)26(33,27(34,35)28(36,37)38)19-11-20(29)24(21(30)12-19)42-14-22(40-41-42)18-4-2-3-16(9-18)10-23(43)17-7-5-15(13-39)6-8-17/h2-9,11-12,14H,10H2,1H3. The number of aromatic nitrogens is 3. The molecule has 15 heteroatoms. The van der Waals surface area contributed by atoms with E-state index in [9.17, 15) is 35.5 Å². The predicted molar refractivity (Wildman–Crippen MR) is 140 cm³/mol. The lowest BCUT2D eigenvalue weighted by molar-refractivity contribution is -0.364. The third-order valence-corrected chi connectivity index (χ3v) is 7.03. The number of nitriles is 1. The maximum absolute atomic E-state index is 15.3. The molecule has 0 aliphatic carbocycles. The fraction of sp³-hybridized carbons (Fsp3) is 0.214. The molecular weight excluding hydrogens is 631 g/mol. The van der Waals surface area contributed by atoms with Crippen LogP contribution in [0.25, 0.3) is 16.9 Å². The maximum atomic E-state index is 15.3. The van der Waals surface area contributed by atoms with Gasteiger partial charge in [-0.15, -0.1) is 5.10 Å². The van der Waals surface area contributed by atoms with Gasteiger partial charge in [-0.3, -0.25) is 4.79 Å². The fourth-order valence-corrected chi connectivity index (χ4v) is 4.91. The van der Waals surface area contributed by atoms with Gasteiger partial charge in [0.05, 0.1) is 27.9 Å². The van der Waals surface area contributed by atoms with Gasteiger partial charge in [0.1, 0.15) is 11.4 Å². The van der Waals surface area contributed by atoms with E-state index >= 15 is 4.39 Å². The summed E-state index contributed by atoms with van der Waals surface area (Å²) in [5.74, 6) is -12.0. The number of rotatable bonds is 8. The van der Waals surface area contributed by atoms with E-state index in [-0.39, 0.29) is 35.7 Å². The number of hydrogen-bond donors (Lipinski definition) is 0. The van der Waals surface area contributed by atoms with E-state index in [0.717, 1.165) is 4.68 Å². The van der Waals surface area contributed by atoms with E-state index in [1.807, 2.05) is 6.07 Å². The quantitative estimate of drug-likeness (QED) is 0.142. The number of hydrogen-bond acceptors (Lipinski definition) is 4. The number of Topliss-reactive ketones (excluding diaryl/α,β-unsaturated/α-hetero) is 1. The highest BCUT2D eigenvalue weighted by atomic mass is 35.5. The van der Waals surface area contributed by atoms with Crippen molar-refractivity contribution in [2.45, 2.75) is 37.0 Å². The van der Waals surface area contributed by atoms with Crippen LogP contribution in [0.15, 0.2) is 66.9 Å². The Labute approximate surface area is 248 Å². The number of carbonyl (C=O) groups is 1. The highest BCUT2D eigenvalue weighted by Crippen LogP contribution is 2.58. The van der Waals surface area contributed by atoms with Gasteiger partial charge in [-0.2, -0.15) is 27.2 Å². The minimum Gasteiger partial charge on any atom is -0.294 e. The van der Waals surface area contributed by atoms with Gasteiger partial charge in [0, 0.05) is 30.0 Å². The summed E-state index contributed by atoms with van der Waals surface area (Å²) in [6.07, 6.45) is -5.46. The van der Waals surface area contributed by atoms with Gasteiger partial charge in [-0.1, -0.05) is 58.7 Å². The number of carbonyl (C=O) groups excluding carboxylic acids is 1. The molecule has 3 aromatic carbocycles. The molecule has 5 nitrogen and oxygen atoms in total. The van der Waals surface area contributed by atoms with Crippen molar-refractivity contribution < 1.29 is 39.9 Å². The first-order valence-electron chi connectivity index (χ1n) is 12.0. The number of ketones is 1. The highest BCUT2D eigenvalue weighted by Gasteiger charge is 2.79. The average molecular weight is 647 g/mol. The molecule has 0 fully saturated rings. The van der Waals surface area contributed by atoms with E-state index < -0.39 is 46.2 Å². The van der Waals surface area contributed by atoms with Gasteiger partial charge in [0.2, 0.25) is 0 Å². The Bertz CT molecular complexity index is 1700. The van der Waals surface area contributed by atoms with E-state index in [2.05, 4.69) is 10.3 Å². The van der Waals surface area contributed by atoms with Crippen LogP contribution in [-0.4, -0.2) is 38.8 Å². The zero-order valence-electron chi connectivity index (χ0n) is 21.5. The molecule has 0 bridgehead atoms. The van der Waals surface area contributed by atoms with Crippen molar-refractivity contribution in [2.75, 3.05) is 0 Å². The first-order valence-corrected chi connectivity index (χ1v) is 12.7. The second kappa shape index (κ2) is 11.2. The number of nitrogens with zero attached hydrogens (tertiary/aromatic N) is 4. The Balaban J connectivity index is 1.66. The maximum Gasteiger partial charge on any atom is 0.457 e. The first kappa shape index (κ1) is 31.9. The Hall–Kier alpha value is -4.02. The van der Waals surface area contributed by atoms with E-state index in [0.29, 0.717) is 22.3 Å². The molecule has 1 aromatic heterocycles. The average Bonchev–Trinajstić information content (AvgIpc) is 3.40. The predicted octanol–water partition coefficient (Wildman–Crippen LogP) is 8.56. The molecule has 43 heavy (non-hydrogen) atoms. The SMILES string of the molecule is CC(F)(F)C(F)(c1cc(Cl)c(-n2cc(-c3cccc(CC(=O)c4ccc(C#N)cc4)c3)nn2)c(Cl)c1)C(F)(F)C(F)(F)F. The van der Waals surface area contributed by atoms with Gasteiger partial charge >= 0.3 is 12.1 Å². The van der Waals surface area contributed by atoms with Crippen LogP contribution in [0, 0.1) is 11.3 Å². The zero-order chi connectivity index (χ0) is 32.0. The van der Waals surface area contributed by atoms with Crippen LogP contribution in [0.2, 0.25) is 10.0 Å². The summed E-state index contributed by atoms with van der Waals surface area (Å²) < 4.78 is 112. The lowest BCUT2D eigenvalue weighted by Gasteiger charge is -2.38. The lowest BCUT2D eigenvalue weighted by atomic mass is 9.83. The Morgan fingerprint density at radius 3 is 2.07 bits per heavy atom. The largest absolute Gasteiger partial charge is 0.457 e. The van der Waals surface area contributed by atoms with Crippen molar-refractivity contribution in [2.24, 2.45) is 0 Å². The summed E-state index contributed by atoms with van der Waals surface area (Å²) in [4.78, 5) is 12.7. The highest BCUT2D eigenvalue weighted by molar-refractivity contribution is 6.37. The topological polar surface area (TPSA) is 71.6 Å². The molecule has 0 spiro atoms. The Kier molecular flexibility index (Phi) is 8.34. The molecule has 0 aliphatic heterocycles. The van der Waals surface area contributed by atoms with Gasteiger partial charge in [0.15, 0.2) is 5.78 Å². The molecular formula is C28H16Cl2F8N4O. The van der Waals surface area contributed by atoms with Crippen LogP contribution in [0.5, 0.6) is 0 Å². The molecule has 4 rings (SSSR count). The minimum absolute atomic E-state index is 0.0113. The smallest absolute Gasteiger partial charge is 0.294 e. The molecule has 1 unspecified atom stereocenters. The van der Waals surface area contributed by atoms with E-state index in [1.54, 1.807) is 24.3 Å². The second-order valence-electron chi connectivity index (χ2n) is 9.45. The second-order valence-corrected chi connectivity index (χ2v) is 10.3. The van der Waals surface area contributed by atoms with Crippen LogP contribution in [-0.2, 0) is 12.1 Å². The zero-order valence-corrected chi connectivity index (χ0v) is 23.0. The third-order valence-electron chi connectivity index (χ3n) is 6.45. The summed E-state index contributed by atoms with van der Waals surface area (Å²) in [6.45, 7) is -0.419. The van der Waals surface area contributed by atoms with Crippen molar-refractivity contribution in [3.63, 3.8) is 0 Å². The van der Waals surface area contributed by atoms with Crippen molar-refractivity contribution in [3.8, 4) is 23.0 Å². The van der Waals surface area contributed by atoms with Gasteiger partial charge in [0.25, 0.3) is 11.6 Å². The molecule has 224 valence electrons. The van der Waals surface area contributed by atoms with Crippen molar-refractivity contribution in [3.05, 3.63) is 99.2 Å². The fourth-order valence-electron chi connectivity index (χ4n) is 4.25. The van der Waals surface area contributed by atoms with Gasteiger partial charge in [-0.25, -0.2) is 17.9 Å². The third kappa shape index (κ3) is 5.81. The normalized spacial score (nSPS) is 13.8. The summed E-state index contributed by atoms with van der Waals surface area (Å²) in [7, 11) is 0. The lowest BCUT2D eigenvalue weighted by Crippen LogP contribution is -2.60. The summed E-state index contributed by atoms with van der Waals surface area (Å²) in [5.41, 5.74) is -5.76.